The lowest BCUT2D eigenvalue weighted by atomic mass is 9.96. The van der Waals surface area contributed by atoms with Crippen molar-refractivity contribution >= 4 is 0 Å². The normalized spacial score (nSPS) is 14.6. The van der Waals surface area contributed by atoms with Gasteiger partial charge < -0.3 is 10.1 Å². The van der Waals surface area contributed by atoms with Crippen molar-refractivity contribution in [3.8, 4) is 11.1 Å². The van der Waals surface area contributed by atoms with Crippen LogP contribution in [0.2, 0.25) is 0 Å². The van der Waals surface area contributed by atoms with E-state index in [0.29, 0.717) is 11.1 Å². The van der Waals surface area contributed by atoms with Crippen LogP contribution in [-0.2, 0) is 6.61 Å². The first-order chi connectivity index (χ1) is 9.20. The average Bonchev–Trinajstić information content (AvgIpc) is 3.23. The van der Waals surface area contributed by atoms with Gasteiger partial charge in [0.25, 0.3) is 5.56 Å². The maximum Gasteiger partial charge on any atom is 0.251 e. The molecule has 1 aromatic carbocycles. The van der Waals surface area contributed by atoms with Crippen LogP contribution in [-0.4, -0.2) is 10.1 Å². The van der Waals surface area contributed by atoms with Crippen LogP contribution in [0.15, 0.2) is 35.3 Å². The Morgan fingerprint density at radius 3 is 2.53 bits per heavy atom. The van der Waals surface area contributed by atoms with Gasteiger partial charge in [0.2, 0.25) is 0 Å². The number of aliphatic hydroxyl groups excluding tert-OH is 1. The molecule has 98 valence electrons. The number of hydrogen-bond acceptors (Lipinski definition) is 2. The van der Waals surface area contributed by atoms with Crippen LogP contribution in [0.25, 0.3) is 11.1 Å². The summed E-state index contributed by atoms with van der Waals surface area (Å²) in [5, 5.41) is 9.59. The summed E-state index contributed by atoms with van der Waals surface area (Å²) in [5.74, 6) is -0.0487. The molecule has 0 spiro atoms. The molecule has 4 heteroatoms. The monoisotopic (exact) mass is 259 g/mol. The molecule has 1 fully saturated rings. The second-order valence-electron chi connectivity index (χ2n) is 4.86. The molecule has 2 aromatic rings. The van der Waals surface area contributed by atoms with E-state index in [4.69, 9.17) is 0 Å². The maximum atomic E-state index is 13.0. The van der Waals surface area contributed by atoms with Gasteiger partial charge in [-0.3, -0.25) is 4.79 Å². The van der Waals surface area contributed by atoms with Gasteiger partial charge in [0.1, 0.15) is 5.82 Å². The highest BCUT2D eigenvalue weighted by molar-refractivity contribution is 5.68. The summed E-state index contributed by atoms with van der Waals surface area (Å²) >= 11 is 0. The summed E-state index contributed by atoms with van der Waals surface area (Å²) in [6, 6.07) is 6.05. The van der Waals surface area contributed by atoms with Gasteiger partial charge >= 0.3 is 0 Å². The molecule has 3 rings (SSSR count). The minimum atomic E-state index is -0.305. The number of aromatic amines is 1. The zero-order valence-corrected chi connectivity index (χ0v) is 10.3. The van der Waals surface area contributed by atoms with Gasteiger partial charge in [-0.1, -0.05) is 12.1 Å². The molecule has 0 amide bonds. The summed E-state index contributed by atoms with van der Waals surface area (Å²) in [4.78, 5) is 14.6. The molecule has 0 aliphatic heterocycles. The molecule has 3 nitrogen and oxygen atoms in total. The highest BCUT2D eigenvalue weighted by Crippen LogP contribution is 2.41. The van der Waals surface area contributed by atoms with Crippen molar-refractivity contribution in [2.24, 2.45) is 0 Å². The molecule has 1 aliphatic carbocycles. The average molecular weight is 259 g/mol. The number of aromatic nitrogens is 1. The molecule has 1 aliphatic rings. The summed E-state index contributed by atoms with van der Waals surface area (Å²) in [6.45, 7) is -0.178. The Balaban J connectivity index is 2.18. The summed E-state index contributed by atoms with van der Waals surface area (Å²) in [7, 11) is 0. The second-order valence-corrected chi connectivity index (χ2v) is 4.86. The number of halogens is 1. The van der Waals surface area contributed by atoms with Crippen LogP contribution < -0.4 is 5.56 Å². The quantitative estimate of drug-likeness (QED) is 0.890. The Morgan fingerprint density at radius 2 is 1.95 bits per heavy atom. The lowest BCUT2D eigenvalue weighted by Gasteiger charge is -2.12. The fourth-order valence-corrected chi connectivity index (χ4v) is 2.45. The lowest BCUT2D eigenvalue weighted by molar-refractivity contribution is 0.281. The second kappa shape index (κ2) is 4.63. The molecule has 19 heavy (non-hydrogen) atoms. The van der Waals surface area contributed by atoms with Crippen molar-refractivity contribution in [2.45, 2.75) is 25.4 Å². The first-order valence-electron chi connectivity index (χ1n) is 6.32. The van der Waals surface area contributed by atoms with Crippen molar-refractivity contribution in [1.29, 1.82) is 0 Å². The molecular weight excluding hydrogens is 245 g/mol. The third-order valence-electron chi connectivity index (χ3n) is 3.54. The van der Waals surface area contributed by atoms with Gasteiger partial charge in [0, 0.05) is 17.3 Å². The highest BCUT2D eigenvalue weighted by atomic mass is 19.1. The van der Waals surface area contributed by atoms with E-state index in [-0.39, 0.29) is 23.9 Å². The number of hydrogen-bond donors (Lipinski definition) is 2. The van der Waals surface area contributed by atoms with Crippen LogP contribution in [0.3, 0.4) is 0 Å². The van der Waals surface area contributed by atoms with E-state index in [9.17, 15) is 14.3 Å². The van der Waals surface area contributed by atoms with E-state index >= 15 is 0 Å². The van der Waals surface area contributed by atoms with Crippen molar-refractivity contribution < 1.29 is 9.50 Å². The standard InChI is InChI=1S/C15H14FNO2/c16-11-5-3-9(4-6-11)12-7-17-15(19)14(10-1-2-10)13(12)8-18/h3-7,10,18H,1-2,8H2,(H,17,19). The van der Waals surface area contributed by atoms with Gasteiger partial charge in [-0.05, 0) is 42.0 Å². The van der Waals surface area contributed by atoms with Crippen LogP contribution in [0.1, 0.15) is 29.9 Å². The van der Waals surface area contributed by atoms with E-state index < -0.39 is 0 Å². The minimum Gasteiger partial charge on any atom is -0.392 e. The molecule has 1 aromatic heterocycles. The Bertz CT molecular complexity index is 657. The fraction of sp³-hybridized carbons (Fsp3) is 0.267. The Labute approximate surface area is 109 Å². The number of H-pyrrole nitrogens is 1. The molecule has 0 bridgehead atoms. The highest BCUT2D eigenvalue weighted by Gasteiger charge is 2.30. The van der Waals surface area contributed by atoms with Gasteiger partial charge in [0.15, 0.2) is 0 Å². The van der Waals surface area contributed by atoms with Gasteiger partial charge in [-0.25, -0.2) is 4.39 Å². The number of rotatable bonds is 3. The van der Waals surface area contributed by atoms with E-state index in [1.54, 1.807) is 18.3 Å². The minimum absolute atomic E-state index is 0.127. The van der Waals surface area contributed by atoms with Gasteiger partial charge in [0.05, 0.1) is 6.61 Å². The van der Waals surface area contributed by atoms with Crippen molar-refractivity contribution in [3.05, 3.63) is 57.8 Å². The molecule has 1 heterocycles. The van der Waals surface area contributed by atoms with Crippen molar-refractivity contribution in [2.75, 3.05) is 0 Å². The first-order valence-corrected chi connectivity index (χ1v) is 6.32. The van der Waals surface area contributed by atoms with Crippen LogP contribution in [0.5, 0.6) is 0 Å². The van der Waals surface area contributed by atoms with Crippen LogP contribution >= 0.6 is 0 Å². The molecule has 0 saturated heterocycles. The first kappa shape index (κ1) is 12.1. The Hall–Kier alpha value is -1.94. The molecule has 1 saturated carbocycles. The number of benzene rings is 1. The number of nitrogens with one attached hydrogen (secondary N) is 1. The zero-order valence-electron chi connectivity index (χ0n) is 10.3. The topological polar surface area (TPSA) is 53.1 Å². The number of pyridine rings is 1. The third-order valence-corrected chi connectivity index (χ3v) is 3.54. The summed E-state index contributed by atoms with van der Waals surface area (Å²) in [6.07, 6.45) is 3.57. The van der Waals surface area contributed by atoms with Crippen LogP contribution in [0, 0.1) is 5.82 Å². The third kappa shape index (κ3) is 2.19. The van der Waals surface area contributed by atoms with E-state index in [0.717, 1.165) is 24.0 Å². The van der Waals surface area contributed by atoms with Crippen LogP contribution in [0.4, 0.5) is 4.39 Å². The van der Waals surface area contributed by atoms with E-state index in [2.05, 4.69) is 4.98 Å². The van der Waals surface area contributed by atoms with Gasteiger partial charge in [-0.15, -0.1) is 0 Å². The predicted octanol–water partition coefficient (Wildman–Crippen LogP) is 2.55. The Kier molecular flexibility index (Phi) is 2.95. The molecule has 0 unspecified atom stereocenters. The smallest absolute Gasteiger partial charge is 0.251 e. The van der Waals surface area contributed by atoms with Gasteiger partial charge in [-0.2, -0.15) is 0 Å². The number of aliphatic hydroxyl groups is 1. The van der Waals surface area contributed by atoms with Crippen molar-refractivity contribution in [1.82, 2.24) is 4.98 Å². The maximum absolute atomic E-state index is 13.0. The molecule has 2 N–H and O–H groups in total. The van der Waals surface area contributed by atoms with Crippen molar-refractivity contribution in [3.63, 3.8) is 0 Å². The zero-order chi connectivity index (χ0) is 13.4. The largest absolute Gasteiger partial charge is 0.392 e. The van der Waals surface area contributed by atoms with E-state index in [1.807, 2.05) is 0 Å². The predicted molar refractivity (Wildman–Crippen MR) is 70.4 cm³/mol. The fourth-order valence-electron chi connectivity index (χ4n) is 2.45. The SMILES string of the molecule is O=c1[nH]cc(-c2ccc(F)cc2)c(CO)c1C1CC1. The molecule has 0 radical (unpaired) electrons. The lowest BCUT2D eigenvalue weighted by Crippen LogP contribution is -2.15. The summed E-state index contributed by atoms with van der Waals surface area (Å²) < 4.78 is 13.0. The molecular formula is C15H14FNO2. The summed E-state index contributed by atoms with van der Waals surface area (Å²) in [5.41, 5.74) is 2.78. The Morgan fingerprint density at radius 1 is 1.26 bits per heavy atom. The molecule has 0 atom stereocenters. The van der Waals surface area contributed by atoms with E-state index in [1.165, 1.54) is 12.1 Å².